The summed E-state index contributed by atoms with van der Waals surface area (Å²) in [6, 6.07) is 1.51. The van der Waals surface area contributed by atoms with Crippen LogP contribution in [0.1, 0.15) is 37.9 Å². The van der Waals surface area contributed by atoms with Crippen LogP contribution in [0.5, 0.6) is 0 Å². The summed E-state index contributed by atoms with van der Waals surface area (Å²) in [5.74, 6) is -0.715. The van der Waals surface area contributed by atoms with Gasteiger partial charge in [-0.1, -0.05) is 20.8 Å². The molecule has 0 spiro atoms. The Labute approximate surface area is 110 Å². The molecule has 0 heterocycles. The quantitative estimate of drug-likeness (QED) is 0.765. The molecule has 1 aromatic carbocycles. The number of hydrogen-bond acceptors (Lipinski definition) is 1. The van der Waals surface area contributed by atoms with Gasteiger partial charge in [0.15, 0.2) is 0 Å². The van der Waals surface area contributed by atoms with E-state index in [0.717, 1.165) is 18.2 Å². The standard InChI is InChI=1S/C12H15F4N.ClH/c1-11(2,3)10(17)8-6-7(13)4-5-9(8)12(14,15)16;/h4-6,10H,17H2,1-3H3;1H/t10-;/m0./s1. The molecule has 0 aromatic heterocycles. The minimum Gasteiger partial charge on any atom is -0.323 e. The smallest absolute Gasteiger partial charge is 0.323 e. The molecule has 0 fully saturated rings. The zero-order valence-corrected chi connectivity index (χ0v) is 11.1. The van der Waals surface area contributed by atoms with Crippen molar-refractivity contribution >= 4 is 12.4 Å². The molecule has 1 nitrogen and oxygen atoms in total. The molecule has 1 rings (SSSR count). The predicted octanol–water partition coefficient (Wildman–Crippen LogP) is 4.31. The van der Waals surface area contributed by atoms with Crippen molar-refractivity contribution in [2.75, 3.05) is 0 Å². The highest BCUT2D eigenvalue weighted by Crippen LogP contribution is 2.39. The first-order chi connectivity index (χ1) is 7.53. The average Bonchev–Trinajstić information content (AvgIpc) is 2.13. The Hall–Kier alpha value is -0.810. The van der Waals surface area contributed by atoms with Crippen LogP contribution < -0.4 is 5.73 Å². The SMILES string of the molecule is CC(C)(C)[C@@H](N)c1cc(F)ccc1C(F)(F)F.Cl. The minimum atomic E-state index is -4.52. The molecular weight excluding hydrogens is 270 g/mol. The van der Waals surface area contributed by atoms with E-state index in [1.54, 1.807) is 20.8 Å². The van der Waals surface area contributed by atoms with Crippen LogP contribution in [0.3, 0.4) is 0 Å². The van der Waals surface area contributed by atoms with E-state index in [0.29, 0.717) is 0 Å². The predicted molar refractivity (Wildman–Crippen MR) is 65.0 cm³/mol. The first-order valence-corrected chi connectivity index (χ1v) is 5.15. The van der Waals surface area contributed by atoms with E-state index in [1.807, 2.05) is 0 Å². The topological polar surface area (TPSA) is 26.0 Å². The number of alkyl halides is 3. The van der Waals surface area contributed by atoms with Crippen LogP contribution in [0, 0.1) is 11.2 Å². The average molecular weight is 286 g/mol. The van der Waals surface area contributed by atoms with Crippen molar-refractivity contribution in [2.45, 2.75) is 33.0 Å². The summed E-state index contributed by atoms with van der Waals surface area (Å²) >= 11 is 0. The summed E-state index contributed by atoms with van der Waals surface area (Å²) < 4.78 is 51.3. The lowest BCUT2D eigenvalue weighted by Gasteiger charge is -2.29. The van der Waals surface area contributed by atoms with Crippen LogP contribution in [0.4, 0.5) is 17.6 Å². The van der Waals surface area contributed by atoms with Gasteiger partial charge in [0.05, 0.1) is 5.56 Å². The van der Waals surface area contributed by atoms with Crippen LogP contribution in [0.15, 0.2) is 18.2 Å². The maximum atomic E-state index is 13.1. The minimum absolute atomic E-state index is 0. The van der Waals surface area contributed by atoms with Crippen LogP contribution in [-0.2, 0) is 6.18 Å². The molecule has 0 radical (unpaired) electrons. The van der Waals surface area contributed by atoms with E-state index >= 15 is 0 Å². The van der Waals surface area contributed by atoms with Gasteiger partial charge < -0.3 is 5.73 Å². The van der Waals surface area contributed by atoms with Crippen LogP contribution >= 0.6 is 12.4 Å². The Bertz CT molecular complexity index is 410. The largest absolute Gasteiger partial charge is 0.416 e. The molecule has 0 amide bonds. The fourth-order valence-electron chi connectivity index (χ4n) is 1.52. The van der Waals surface area contributed by atoms with Crippen LogP contribution in [0.25, 0.3) is 0 Å². The van der Waals surface area contributed by atoms with Crippen molar-refractivity contribution in [1.82, 2.24) is 0 Å². The molecule has 0 aliphatic heterocycles. The van der Waals surface area contributed by atoms with Gasteiger partial charge in [0.25, 0.3) is 0 Å². The number of hydrogen-bond donors (Lipinski definition) is 1. The Morgan fingerprint density at radius 3 is 2.00 bits per heavy atom. The summed E-state index contributed by atoms with van der Waals surface area (Å²) in [7, 11) is 0. The number of nitrogens with two attached hydrogens (primary N) is 1. The van der Waals surface area contributed by atoms with E-state index in [1.165, 1.54) is 0 Å². The van der Waals surface area contributed by atoms with Gasteiger partial charge in [-0.15, -0.1) is 12.4 Å². The second-order valence-corrected chi connectivity index (χ2v) is 5.07. The fraction of sp³-hybridized carbons (Fsp3) is 0.500. The maximum Gasteiger partial charge on any atom is 0.416 e. The van der Waals surface area contributed by atoms with Crippen molar-refractivity contribution < 1.29 is 17.6 Å². The molecule has 0 bridgehead atoms. The van der Waals surface area contributed by atoms with Gasteiger partial charge in [0.2, 0.25) is 0 Å². The zero-order chi connectivity index (χ0) is 13.4. The molecule has 104 valence electrons. The zero-order valence-electron chi connectivity index (χ0n) is 10.3. The molecule has 0 aliphatic rings. The van der Waals surface area contributed by atoms with Crippen molar-refractivity contribution in [1.29, 1.82) is 0 Å². The molecular formula is C12H16ClF4N. The van der Waals surface area contributed by atoms with Gasteiger partial charge in [-0.3, -0.25) is 0 Å². The van der Waals surface area contributed by atoms with E-state index in [2.05, 4.69) is 0 Å². The summed E-state index contributed by atoms with van der Waals surface area (Å²) in [4.78, 5) is 0. The van der Waals surface area contributed by atoms with Gasteiger partial charge in [-0.05, 0) is 29.2 Å². The van der Waals surface area contributed by atoms with Crippen LogP contribution in [0.2, 0.25) is 0 Å². The van der Waals surface area contributed by atoms with Crippen molar-refractivity contribution in [3.05, 3.63) is 35.1 Å². The highest BCUT2D eigenvalue weighted by Gasteiger charge is 2.37. The third kappa shape index (κ3) is 3.85. The third-order valence-electron chi connectivity index (χ3n) is 2.59. The number of rotatable bonds is 1. The summed E-state index contributed by atoms with van der Waals surface area (Å²) in [5.41, 5.74) is 4.12. The second kappa shape index (κ2) is 5.45. The van der Waals surface area contributed by atoms with Gasteiger partial charge in [0, 0.05) is 6.04 Å². The molecule has 1 atom stereocenters. The molecule has 6 heteroatoms. The van der Waals surface area contributed by atoms with Gasteiger partial charge in [0.1, 0.15) is 5.82 Å². The Morgan fingerprint density at radius 1 is 1.11 bits per heavy atom. The van der Waals surface area contributed by atoms with Gasteiger partial charge in [-0.2, -0.15) is 13.2 Å². The fourth-order valence-corrected chi connectivity index (χ4v) is 1.52. The lowest BCUT2D eigenvalue weighted by molar-refractivity contribution is -0.138. The van der Waals surface area contributed by atoms with Crippen molar-refractivity contribution in [3.63, 3.8) is 0 Å². The third-order valence-corrected chi connectivity index (χ3v) is 2.59. The van der Waals surface area contributed by atoms with Crippen LogP contribution in [-0.4, -0.2) is 0 Å². The van der Waals surface area contributed by atoms with E-state index in [4.69, 9.17) is 5.73 Å². The molecule has 1 aromatic rings. The Balaban J connectivity index is 0.00000289. The summed E-state index contributed by atoms with van der Waals surface area (Å²) in [6.45, 7) is 5.13. The molecule has 0 aliphatic carbocycles. The van der Waals surface area contributed by atoms with Crippen molar-refractivity contribution in [2.24, 2.45) is 11.1 Å². The van der Waals surface area contributed by atoms with E-state index < -0.39 is 29.0 Å². The second-order valence-electron chi connectivity index (χ2n) is 5.07. The monoisotopic (exact) mass is 285 g/mol. The Kier molecular flexibility index (Phi) is 5.20. The van der Waals surface area contributed by atoms with E-state index in [9.17, 15) is 17.6 Å². The molecule has 0 saturated carbocycles. The number of halogens is 5. The summed E-state index contributed by atoms with van der Waals surface area (Å²) in [5, 5.41) is 0. The lowest BCUT2D eigenvalue weighted by Crippen LogP contribution is -2.29. The molecule has 0 unspecified atom stereocenters. The van der Waals surface area contributed by atoms with E-state index in [-0.39, 0.29) is 18.0 Å². The summed E-state index contributed by atoms with van der Waals surface area (Å²) in [6.07, 6.45) is -4.52. The highest BCUT2D eigenvalue weighted by molar-refractivity contribution is 5.85. The maximum absolute atomic E-state index is 13.1. The van der Waals surface area contributed by atoms with Crippen molar-refractivity contribution in [3.8, 4) is 0 Å². The lowest BCUT2D eigenvalue weighted by atomic mass is 9.81. The van der Waals surface area contributed by atoms with Gasteiger partial charge >= 0.3 is 6.18 Å². The van der Waals surface area contributed by atoms with Gasteiger partial charge in [-0.25, -0.2) is 4.39 Å². The number of benzene rings is 1. The highest BCUT2D eigenvalue weighted by atomic mass is 35.5. The first-order valence-electron chi connectivity index (χ1n) is 5.15. The Morgan fingerprint density at radius 2 is 1.61 bits per heavy atom. The molecule has 18 heavy (non-hydrogen) atoms. The normalized spacial score (nSPS) is 14.0. The molecule has 0 saturated heterocycles. The first kappa shape index (κ1) is 17.2. The molecule has 2 N–H and O–H groups in total.